The zero-order chi connectivity index (χ0) is 18.6. The van der Waals surface area contributed by atoms with Crippen LogP contribution in [0.5, 0.6) is 0 Å². The quantitative estimate of drug-likeness (QED) is 0.333. The first-order valence-electron chi connectivity index (χ1n) is 10.4. The maximum atomic E-state index is 11.9. The Hall–Kier alpha value is -0.340. The number of ketones is 1. The van der Waals surface area contributed by atoms with E-state index in [1.54, 1.807) is 0 Å². The molecule has 0 aromatic heterocycles. The Labute approximate surface area is 171 Å². The van der Waals surface area contributed by atoms with E-state index in [-0.39, 0.29) is 10.8 Å². The maximum Gasteiger partial charge on any atom is 0.155 e. The van der Waals surface area contributed by atoms with Crippen LogP contribution in [-0.2, 0) is 4.79 Å². The first kappa shape index (κ1) is 19.0. The van der Waals surface area contributed by atoms with Gasteiger partial charge in [-0.25, -0.2) is 0 Å². The summed E-state index contributed by atoms with van der Waals surface area (Å²) in [5, 5.41) is 11.5. The topological polar surface area (TPSA) is 37.3 Å². The summed E-state index contributed by atoms with van der Waals surface area (Å²) in [5.74, 6) is 8.84. The second-order valence-corrected chi connectivity index (χ2v) is 10.6. The molecule has 142 valence electrons. The molecular weight excluding hydrogens is 435 g/mol. The van der Waals surface area contributed by atoms with Crippen LogP contribution in [0.4, 0.5) is 0 Å². The SMILES string of the molecule is CC12CCC(=O)C=C1CCC1C2CCC2(C)C1CCC2(O)C#CCCI. The van der Waals surface area contributed by atoms with Gasteiger partial charge < -0.3 is 5.11 Å². The van der Waals surface area contributed by atoms with Crippen molar-refractivity contribution in [3.05, 3.63) is 11.6 Å². The first-order chi connectivity index (χ1) is 12.3. The van der Waals surface area contributed by atoms with E-state index >= 15 is 0 Å². The summed E-state index contributed by atoms with van der Waals surface area (Å²) in [7, 11) is 0. The number of carbonyl (C=O) groups is 1. The predicted octanol–water partition coefficient (Wildman–Crippen LogP) is 5.08. The van der Waals surface area contributed by atoms with Gasteiger partial charge in [0, 0.05) is 22.7 Å². The van der Waals surface area contributed by atoms with Gasteiger partial charge in [-0.05, 0) is 74.2 Å². The Morgan fingerprint density at radius 3 is 2.69 bits per heavy atom. The smallest absolute Gasteiger partial charge is 0.155 e. The average molecular weight is 466 g/mol. The van der Waals surface area contributed by atoms with Crippen molar-refractivity contribution in [3.8, 4) is 11.8 Å². The summed E-state index contributed by atoms with van der Waals surface area (Å²) < 4.78 is 1.03. The highest BCUT2D eigenvalue weighted by Gasteiger charge is 2.63. The molecule has 3 fully saturated rings. The number of carbonyl (C=O) groups excluding carboxylic acids is 1. The Morgan fingerprint density at radius 1 is 1.15 bits per heavy atom. The molecule has 0 bridgehead atoms. The molecule has 0 aromatic rings. The minimum Gasteiger partial charge on any atom is -0.377 e. The number of hydrogen-bond acceptors (Lipinski definition) is 2. The lowest BCUT2D eigenvalue weighted by Gasteiger charge is -2.58. The lowest BCUT2D eigenvalue weighted by Crippen LogP contribution is -2.54. The summed E-state index contributed by atoms with van der Waals surface area (Å²) in [5.41, 5.74) is 0.780. The van der Waals surface area contributed by atoms with Crippen molar-refractivity contribution in [2.45, 2.75) is 77.2 Å². The number of rotatable bonds is 1. The van der Waals surface area contributed by atoms with E-state index in [0.717, 1.165) is 49.4 Å². The van der Waals surface area contributed by atoms with Gasteiger partial charge in [-0.2, -0.15) is 0 Å². The fourth-order valence-corrected chi connectivity index (χ4v) is 7.31. The van der Waals surface area contributed by atoms with E-state index in [4.69, 9.17) is 0 Å². The molecule has 3 heteroatoms. The van der Waals surface area contributed by atoms with Crippen LogP contribution in [0.25, 0.3) is 0 Å². The van der Waals surface area contributed by atoms with Crippen molar-refractivity contribution in [3.63, 3.8) is 0 Å². The Bertz CT molecular complexity index is 701. The highest BCUT2D eigenvalue weighted by atomic mass is 127. The zero-order valence-corrected chi connectivity index (χ0v) is 18.3. The van der Waals surface area contributed by atoms with E-state index in [9.17, 15) is 9.90 Å². The molecule has 0 aromatic carbocycles. The first-order valence-corrected chi connectivity index (χ1v) is 11.9. The Morgan fingerprint density at radius 2 is 1.92 bits per heavy atom. The van der Waals surface area contributed by atoms with Gasteiger partial charge in [-0.15, -0.1) is 0 Å². The summed E-state index contributed by atoms with van der Waals surface area (Å²) >= 11 is 2.35. The van der Waals surface area contributed by atoms with Crippen molar-refractivity contribution < 1.29 is 9.90 Å². The number of aliphatic hydroxyl groups is 1. The van der Waals surface area contributed by atoms with Crippen LogP contribution >= 0.6 is 22.6 Å². The Kier molecular flexibility index (Phi) is 4.84. The number of fused-ring (bicyclic) bond motifs is 5. The van der Waals surface area contributed by atoms with Crippen LogP contribution in [0.2, 0.25) is 0 Å². The molecule has 3 saturated carbocycles. The minimum atomic E-state index is -0.798. The van der Waals surface area contributed by atoms with Gasteiger partial charge in [0.05, 0.1) is 0 Å². The maximum absolute atomic E-state index is 11.9. The van der Waals surface area contributed by atoms with Crippen LogP contribution in [-0.4, -0.2) is 20.9 Å². The van der Waals surface area contributed by atoms with Crippen LogP contribution < -0.4 is 0 Å². The van der Waals surface area contributed by atoms with Gasteiger partial charge in [-0.1, -0.05) is 53.9 Å². The molecule has 0 aliphatic heterocycles. The fraction of sp³-hybridized carbons (Fsp3) is 0.783. The van der Waals surface area contributed by atoms with Gasteiger partial charge >= 0.3 is 0 Å². The molecule has 4 aliphatic rings. The summed E-state index contributed by atoms with van der Waals surface area (Å²) in [6.45, 7) is 4.74. The fourth-order valence-electron chi connectivity index (χ4n) is 7.04. The molecule has 0 saturated heterocycles. The van der Waals surface area contributed by atoms with Crippen molar-refractivity contribution in [2.24, 2.45) is 28.6 Å². The van der Waals surface area contributed by atoms with Gasteiger partial charge in [-0.3, -0.25) is 4.79 Å². The highest BCUT2D eigenvalue weighted by molar-refractivity contribution is 14.1. The third-order valence-corrected chi connectivity index (χ3v) is 9.17. The van der Waals surface area contributed by atoms with Crippen molar-refractivity contribution >= 4 is 28.4 Å². The van der Waals surface area contributed by atoms with Gasteiger partial charge in [0.1, 0.15) is 5.60 Å². The van der Waals surface area contributed by atoms with Gasteiger partial charge in [0.2, 0.25) is 0 Å². The molecule has 1 N–H and O–H groups in total. The number of halogens is 1. The normalized spacial score (nSPS) is 47.2. The van der Waals surface area contributed by atoms with E-state index in [0.29, 0.717) is 23.5 Å². The van der Waals surface area contributed by atoms with Gasteiger partial charge in [0.15, 0.2) is 5.78 Å². The highest BCUT2D eigenvalue weighted by Crippen LogP contribution is 2.67. The second-order valence-electron chi connectivity index (χ2n) is 9.56. The van der Waals surface area contributed by atoms with E-state index in [2.05, 4.69) is 48.3 Å². The van der Waals surface area contributed by atoms with Gasteiger partial charge in [0.25, 0.3) is 0 Å². The van der Waals surface area contributed by atoms with Crippen molar-refractivity contribution in [1.82, 2.24) is 0 Å². The third-order valence-electron chi connectivity index (χ3n) is 8.63. The summed E-state index contributed by atoms with van der Waals surface area (Å²) in [4.78, 5) is 11.9. The number of hydrogen-bond donors (Lipinski definition) is 1. The molecule has 2 nitrogen and oxygen atoms in total. The molecule has 0 spiro atoms. The van der Waals surface area contributed by atoms with Crippen molar-refractivity contribution in [1.29, 1.82) is 0 Å². The minimum absolute atomic E-state index is 0.0610. The average Bonchev–Trinajstić information content (AvgIpc) is 2.87. The largest absolute Gasteiger partial charge is 0.377 e. The lowest BCUT2D eigenvalue weighted by atomic mass is 9.46. The monoisotopic (exact) mass is 466 g/mol. The zero-order valence-electron chi connectivity index (χ0n) is 16.1. The third kappa shape index (κ3) is 2.65. The van der Waals surface area contributed by atoms with Crippen LogP contribution in [0.3, 0.4) is 0 Å². The molecule has 0 radical (unpaired) electrons. The number of alkyl halides is 1. The molecular formula is C23H31IO2. The molecule has 0 heterocycles. The summed E-state index contributed by atoms with van der Waals surface area (Å²) in [6.07, 6.45) is 11.1. The number of allylic oxidation sites excluding steroid dienone is 1. The van der Waals surface area contributed by atoms with Crippen LogP contribution in [0.1, 0.15) is 71.6 Å². The molecule has 6 atom stereocenters. The molecule has 6 unspecified atom stereocenters. The molecule has 4 rings (SSSR count). The molecule has 4 aliphatic carbocycles. The van der Waals surface area contributed by atoms with E-state index in [1.807, 2.05) is 6.08 Å². The molecule has 0 amide bonds. The van der Waals surface area contributed by atoms with E-state index < -0.39 is 5.60 Å². The Balaban J connectivity index is 1.64. The standard InChI is InChI=1S/C23H31IO2/c1-21-11-7-17(25)15-16(21)5-6-18-19(21)8-12-22(2)20(18)9-13-23(22,26)10-3-4-14-24/h15,18-20,26H,4-9,11-14H2,1-2H3. The lowest BCUT2D eigenvalue weighted by molar-refractivity contribution is -0.119. The predicted molar refractivity (Wildman–Crippen MR) is 113 cm³/mol. The van der Waals surface area contributed by atoms with Crippen molar-refractivity contribution in [2.75, 3.05) is 4.43 Å². The van der Waals surface area contributed by atoms with E-state index in [1.165, 1.54) is 18.4 Å². The van der Waals surface area contributed by atoms with Crippen LogP contribution in [0, 0.1) is 40.4 Å². The molecule has 26 heavy (non-hydrogen) atoms. The van der Waals surface area contributed by atoms with Crippen LogP contribution in [0.15, 0.2) is 11.6 Å². The second kappa shape index (κ2) is 6.62. The summed E-state index contributed by atoms with van der Waals surface area (Å²) in [6, 6.07) is 0.